The topological polar surface area (TPSA) is 32.7 Å². The third-order valence-corrected chi connectivity index (χ3v) is 3.84. The molecule has 0 fully saturated rings. The molecule has 0 amide bonds. The molecule has 0 N–H and O–H groups in total. The lowest BCUT2D eigenvalue weighted by molar-refractivity contribution is -0.469. The van der Waals surface area contributed by atoms with Gasteiger partial charge in [0.15, 0.2) is 7.05 Å². The van der Waals surface area contributed by atoms with Gasteiger partial charge >= 0.3 is 0 Å². The van der Waals surface area contributed by atoms with Gasteiger partial charge in [0.2, 0.25) is 11.5 Å². The first-order valence-electron chi connectivity index (χ1n) is 6.91. The Balaban J connectivity index is 0.00000144. The molecule has 0 atom stereocenters. The van der Waals surface area contributed by atoms with Crippen molar-refractivity contribution in [2.24, 2.45) is 17.2 Å². The molecule has 0 unspecified atom stereocenters. The number of aromatic nitrogens is 1. The molecule has 1 aliphatic rings. The lowest BCUT2D eigenvalue weighted by Crippen LogP contribution is -3.00. The molecule has 4 rings (SSSR count). The number of aryl methyl sites for hydroxylation is 1. The SMILES string of the molecule is Cn1cc(N=C2N=[N+](C)c3ccccc32)c2ccccc21.[Br-]. The Hall–Kier alpha value is -2.27. The normalized spacial score (nSPS) is 14.8. The molecule has 0 radical (unpaired) electrons. The Kier molecular flexibility index (Phi) is 3.66. The fourth-order valence-corrected chi connectivity index (χ4v) is 2.80. The Labute approximate surface area is 139 Å². The molecule has 22 heavy (non-hydrogen) atoms. The van der Waals surface area contributed by atoms with Crippen LogP contribution in [0.3, 0.4) is 0 Å². The molecule has 0 saturated heterocycles. The summed E-state index contributed by atoms with van der Waals surface area (Å²) in [6, 6.07) is 16.4. The Morgan fingerprint density at radius 2 is 1.77 bits per heavy atom. The molecular formula is C17H15BrN4. The average molecular weight is 355 g/mol. The second-order valence-corrected chi connectivity index (χ2v) is 5.22. The van der Waals surface area contributed by atoms with E-state index in [4.69, 9.17) is 4.99 Å². The summed E-state index contributed by atoms with van der Waals surface area (Å²) in [6.45, 7) is 0. The number of rotatable bonds is 1. The van der Waals surface area contributed by atoms with Crippen LogP contribution in [0.15, 0.2) is 64.8 Å². The molecule has 0 saturated carbocycles. The molecule has 3 aromatic rings. The molecule has 0 spiro atoms. The first-order chi connectivity index (χ1) is 10.2. The second kappa shape index (κ2) is 5.50. The highest BCUT2D eigenvalue weighted by Gasteiger charge is 2.26. The van der Waals surface area contributed by atoms with Crippen molar-refractivity contribution >= 4 is 28.1 Å². The first kappa shape index (κ1) is 14.7. The molecule has 110 valence electrons. The van der Waals surface area contributed by atoms with Crippen LogP contribution in [0.5, 0.6) is 0 Å². The van der Waals surface area contributed by atoms with Crippen molar-refractivity contribution in [2.75, 3.05) is 7.05 Å². The Morgan fingerprint density at radius 1 is 1.05 bits per heavy atom. The van der Waals surface area contributed by atoms with Crippen LogP contribution in [0.1, 0.15) is 5.56 Å². The summed E-state index contributed by atoms with van der Waals surface area (Å²) in [5, 5.41) is 5.69. The van der Waals surface area contributed by atoms with Gasteiger partial charge in [-0.25, -0.2) is 4.99 Å². The van der Waals surface area contributed by atoms with E-state index in [1.807, 2.05) is 49.3 Å². The molecule has 2 heterocycles. The predicted molar refractivity (Wildman–Crippen MR) is 83.8 cm³/mol. The molecule has 1 aromatic heterocycles. The summed E-state index contributed by atoms with van der Waals surface area (Å²) >= 11 is 0. The van der Waals surface area contributed by atoms with E-state index in [2.05, 4.69) is 33.9 Å². The van der Waals surface area contributed by atoms with Gasteiger partial charge in [-0.1, -0.05) is 35.0 Å². The van der Waals surface area contributed by atoms with Crippen molar-refractivity contribution < 1.29 is 21.7 Å². The van der Waals surface area contributed by atoms with Crippen molar-refractivity contribution in [3.63, 3.8) is 0 Å². The quantitative estimate of drug-likeness (QED) is 0.584. The van der Waals surface area contributed by atoms with Gasteiger partial charge in [0.25, 0.3) is 0 Å². The summed E-state index contributed by atoms with van der Waals surface area (Å²) in [5.41, 5.74) is 4.30. The number of nitrogens with zero attached hydrogens (tertiary/aromatic N) is 4. The van der Waals surface area contributed by atoms with Gasteiger partial charge in [-0.05, 0) is 12.1 Å². The lowest BCUT2D eigenvalue weighted by atomic mass is 10.1. The number of amidine groups is 1. The molecule has 5 heteroatoms. The van der Waals surface area contributed by atoms with Gasteiger partial charge < -0.3 is 21.5 Å². The van der Waals surface area contributed by atoms with Gasteiger partial charge in [0.05, 0.1) is 11.3 Å². The maximum absolute atomic E-state index is 4.79. The third kappa shape index (κ3) is 2.18. The number of aliphatic imine (C=N–C) groups is 1. The lowest BCUT2D eigenvalue weighted by Gasteiger charge is -1.93. The molecule has 0 bridgehead atoms. The van der Waals surface area contributed by atoms with E-state index in [9.17, 15) is 0 Å². The van der Waals surface area contributed by atoms with E-state index in [-0.39, 0.29) is 17.0 Å². The minimum Gasteiger partial charge on any atom is -1.00 e. The highest BCUT2D eigenvalue weighted by molar-refractivity contribution is 6.06. The number of hydrogen-bond donors (Lipinski definition) is 0. The first-order valence-corrected chi connectivity index (χ1v) is 6.91. The van der Waals surface area contributed by atoms with E-state index in [0.29, 0.717) is 0 Å². The standard InChI is InChI=1S/C17H15N4.BrH/c1-20-11-14(12-7-3-5-9-15(12)20)18-17-13-8-4-6-10-16(13)21(2)19-17;/h3-11H,1-2H3;1H/q+1;/p-1. The van der Waals surface area contributed by atoms with E-state index >= 15 is 0 Å². The van der Waals surface area contributed by atoms with Crippen molar-refractivity contribution in [2.45, 2.75) is 0 Å². The van der Waals surface area contributed by atoms with Crippen LogP contribution in [0.2, 0.25) is 0 Å². The van der Waals surface area contributed by atoms with Gasteiger partial charge in [-0.3, -0.25) is 0 Å². The number of para-hydroxylation sites is 2. The summed E-state index contributed by atoms with van der Waals surface area (Å²) in [6.07, 6.45) is 2.05. The van der Waals surface area contributed by atoms with Crippen LogP contribution in [0.4, 0.5) is 11.4 Å². The maximum atomic E-state index is 4.79. The number of halogens is 1. The third-order valence-electron chi connectivity index (χ3n) is 3.84. The number of benzene rings is 2. The molecule has 1 aliphatic heterocycles. The smallest absolute Gasteiger partial charge is 0.242 e. The zero-order valence-corrected chi connectivity index (χ0v) is 13.9. The van der Waals surface area contributed by atoms with Gasteiger partial charge in [-0.15, -0.1) is 0 Å². The zero-order valence-electron chi connectivity index (χ0n) is 12.4. The van der Waals surface area contributed by atoms with Gasteiger partial charge in [-0.2, -0.15) is 0 Å². The Morgan fingerprint density at radius 3 is 2.64 bits per heavy atom. The highest BCUT2D eigenvalue weighted by Crippen LogP contribution is 2.31. The average Bonchev–Trinajstić information content (AvgIpc) is 3.00. The van der Waals surface area contributed by atoms with Crippen LogP contribution >= 0.6 is 0 Å². The zero-order chi connectivity index (χ0) is 14.4. The van der Waals surface area contributed by atoms with E-state index in [1.54, 1.807) is 0 Å². The van der Waals surface area contributed by atoms with Crippen LogP contribution in [0, 0.1) is 0 Å². The van der Waals surface area contributed by atoms with E-state index in [0.717, 1.165) is 28.2 Å². The number of fused-ring (bicyclic) bond motifs is 2. The minimum atomic E-state index is 0. The minimum absolute atomic E-state index is 0. The molecule has 4 nitrogen and oxygen atoms in total. The Bertz CT molecular complexity index is 921. The van der Waals surface area contributed by atoms with Crippen LogP contribution in [-0.2, 0) is 7.05 Å². The number of azo groups is 2. The van der Waals surface area contributed by atoms with Crippen LogP contribution < -0.4 is 17.0 Å². The van der Waals surface area contributed by atoms with E-state index < -0.39 is 0 Å². The maximum Gasteiger partial charge on any atom is 0.242 e. The fourth-order valence-electron chi connectivity index (χ4n) is 2.80. The molecular weight excluding hydrogens is 340 g/mol. The summed E-state index contributed by atoms with van der Waals surface area (Å²) < 4.78 is 3.97. The summed E-state index contributed by atoms with van der Waals surface area (Å²) in [4.78, 5) is 4.79. The second-order valence-electron chi connectivity index (χ2n) is 5.22. The van der Waals surface area contributed by atoms with Gasteiger partial charge in [0, 0.05) is 35.3 Å². The largest absolute Gasteiger partial charge is 1.00 e. The van der Waals surface area contributed by atoms with E-state index in [1.165, 1.54) is 5.52 Å². The summed E-state index contributed by atoms with van der Waals surface area (Å²) in [5.74, 6) is 0.768. The van der Waals surface area contributed by atoms with Crippen molar-refractivity contribution in [1.82, 2.24) is 4.57 Å². The summed E-state index contributed by atoms with van der Waals surface area (Å²) in [7, 11) is 3.99. The van der Waals surface area contributed by atoms with Crippen molar-refractivity contribution in [3.8, 4) is 0 Å². The van der Waals surface area contributed by atoms with Crippen LogP contribution in [0.25, 0.3) is 10.9 Å². The monoisotopic (exact) mass is 354 g/mol. The molecule has 2 aromatic carbocycles. The van der Waals surface area contributed by atoms with Crippen molar-refractivity contribution in [3.05, 3.63) is 60.3 Å². The predicted octanol–water partition coefficient (Wildman–Crippen LogP) is 1.00. The highest BCUT2D eigenvalue weighted by atomic mass is 79.9. The molecule has 0 aliphatic carbocycles. The van der Waals surface area contributed by atoms with Gasteiger partial charge in [0.1, 0.15) is 0 Å². The fraction of sp³-hybridized carbons (Fsp3) is 0.118. The van der Waals surface area contributed by atoms with Crippen LogP contribution in [-0.4, -0.2) is 22.1 Å². The number of hydrogen-bond acceptors (Lipinski definition) is 1. The van der Waals surface area contributed by atoms with Crippen molar-refractivity contribution in [1.29, 1.82) is 0 Å².